The van der Waals surface area contributed by atoms with Crippen LogP contribution >= 0.6 is 11.5 Å². The average Bonchev–Trinajstić information content (AvgIpc) is 2.90. The summed E-state index contributed by atoms with van der Waals surface area (Å²) in [5, 5.41) is 6.12. The van der Waals surface area contributed by atoms with Gasteiger partial charge in [-0.25, -0.2) is 0 Å². The highest BCUT2D eigenvalue weighted by Gasteiger charge is 2.25. The minimum atomic E-state index is 0.614. The summed E-state index contributed by atoms with van der Waals surface area (Å²) in [5.74, 6) is 0.614. The minimum absolute atomic E-state index is 0.614. The van der Waals surface area contributed by atoms with Gasteiger partial charge in [-0.3, -0.25) is 0 Å². The van der Waals surface area contributed by atoms with Crippen LogP contribution in [0.3, 0.4) is 0 Å². The maximum Gasteiger partial charge on any atom is 0.0948 e. The average molecular weight is 231 g/mol. The molecule has 2 aromatic rings. The van der Waals surface area contributed by atoms with Crippen molar-refractivity contribution in [2.75, 3.05) is 11.4 Å². The maximum atomic E-state index is 4.10. The standard InChI is InChI=1S/C12H13N3S/c1-9-6-15(7-10-8-16-14-13-10)12-5-3-2-4-11(9)12/h2-5,8-9H,6-7H2,1H3/t9-/m0/s1. The topological polar surface area (TPSA) is 29.0 Å². The van der Waals surface area contributed by atoms with Gasteiger partial charge >= 0.3 is 0 Å². The molecule has 1 aromatic carbocycles. The number of para-hydroxylation sites is 1. The molecular formula is C12H13N3S. The van der Waals surface area contributed by atoms with Crippen molar-refractivity contribution in [1.82, 2.24) is 9.59 Å². The first kappa shape index (κ1) is 9.78. The molecule has 0 N–H and O–H groups in total. The molecule has 4 heteroatoms. The van der Waals surface area contributed by atoms with E-state index < -0.39 is 0 Å². The van der Waals surface area contributed by atoms with Crippen LogP contribution in [0.1, 0.15) is 24.1 Å². The molecule has 82 valence electrons. The molecular weight excluding hydrogens is 218 g/mol. The van der Waals surface area contributed by atoms with E-state index in [0.717, 1.165) is 18.8 Å². The number of rotatable bonds is 2. The summed E-state index contributed by atoms with van der Waals surface area (Å²) in [6, 6.07) is 8.63. The number of aromatic nitrogens is 2. The summed E-state index contributed by atoms with van der Waals surface area (Å²) in [6.07, 6.45) is 0. The molecule has 3 nitrogen and oxygen atoms in total. The zero-order chi connectivity index (χ0) is 11.0. The lowest BCUT2D eigenvalue weighted by atomic mass is 10.0. The molecule has 16 heavy (non-hydrogen) atoms. The van der Waals surface area contributed by atoms with Gasteiger partial charge < -0.3 is 4.90 Å². The van der Waals surface area contributed by atoms with Gasteiger partial charge in [0.15, 0.2) is 0 Å². The zero-order valence-electron chi connectivity index (χ0n) is 9.13. The second kappa shape index (κ2) is 3.87. The molecule has 2 heterocycles. The first-order valence-corrected chi connectivity index (χ1v) is 6.28. The highest BCUT2D eigenvalue weighted by Crippen LogP contribution is 2.36. The Morgan fingerprint density at radius 3 is 3.12 bits per heavy atom. The Morgan fingerprint density at radius 2 is 2.31 bits per heavy atom. The summed E-state index contributed by atoms with van der Waals surface area (Å²) in [5.41, 5.74) is 3.86. The fraction of sp³-hybridized carbons (Fsp3) is 0.333. The van der Waals surface area contributed by atoms with Crippen molar-refractivity contribution < 1.29 is 0 Å². The predicted molar refractivity (Wildman–Crippen MR) is 65.8 cm³/mol. The lowest BCUT2D eigenvalue weighted by Gasteiger charge is -2.17. The third-order valence-electron chi connectivity index (χ3n) is 3.06. The fourth-order valence-corrected chi connectivity index (χ4v) is 2.76. The molecule has 0 bridgehead atoms. The van der Waals surface area contributed by atoms with Gasteiger partial charge in [0.05, 0.1) is 12.2 Å². The normalized spacial score (nSPS) is 18.8. The Morgan fingerprint density at radius 1 is 1.44 bits per heavy atom. The number of anilines is 1. The van der Waals surface area contributed by atoms with Gasteiger partial charge in [-0.2, -0.15) is 0 Å². The van der Waals surface area contributed by atoms with E-state index in [2.05, 4.69) is 45.7 Å². The highest BCUT2D eigenvalue weighted by atomic mass is 32.1. The van der Waals surface area contributed by atoms with Gasteiger partial charge in [0, 0.05) is 23.5 Å². The number of benzene rings is 1. The van der Waals surface area contributed by atoms with Crippen molar-refractivity contribution in [1.29, 1.82) is 0 Å². The fourth-order valence-electron chi connectivity index (χ4n) is 2.32. The first-order valence-electron chi connectivity index (χ1n) is 5.44. The van der Waals surface area contributed by atoms with Crippen molar-refractivity contribution in [3.8, 4) is 0 Å². The van der Waals surface area contributed by atoms with Crippen LogP contribution < -0.4 is 4.90 Å². The Bertz CT molecular complexity index is 481. The van der Waals surface area contributed by atoms with E-state index in [1.54, 1.807) is 0 Å². The summed E-state index contributed by atoms with van der Waals surface area (Å²) >= 11 is 1.42. The van der Waals surface area contributed by atoms with E-state index in [1.807, 2.05) is 5.38 Å². The molecule has 0 saturated heterocycles. The first-order chi connectivity index (χ1) is 7.84. The molecule has 0 spiro atoms. The Balaban J connectivity index is 1.89. The lowest BCUT2D eigenvalue weighted by Crippen LogP contribution is -2.20. The van der Waals surface area contributed by atoms with Crippen molar-refractivity contribution in [2.24, 2.45) is 0 Å². The van der Waals surface area contributed by atoms with Crippen LogP contribution in [0.25, 0.3) is 0 Å². The van der Waals surface area contributed by atoms with Gasteiger partial charge in [0.25, 0.3) is 0 Å². The molecule has 1 aromatic heterocycles. The van der Waals surface area contributed by atoms with Crippen molar-refractivity contribution in [3.63, 3.8) is 0 Å². The number of hydrogen-bond acceptors (Lipinski definition) is 4. The molecule has 0 saturated carbocycles. The molecule has 3 rings (SSSR count). The maximum absolute atomic E-state index is 4.10. The second-order valence-electron chi connectivity index (χ2n) is 4.24. The Hall–Kier alpha value is -1.42. The second-order valence-corrected chi connectivity index (χ2v) is 4.85. The summed E-state index contributed by atoms with van der Waals surface area (Å²) in [6.45, 7) is 4.23. The Labute approximate surface area is 98.9 Å². The largest absolute Gasteiger partial charge is 0.365 e. The van der Waals surface area contributed by atoms with Crippen LogP contribution in [-0.4, -0.2) is 16.1 Å². The molecule has 0 amide bonds. The van der Waals surface area contributed by atoms with Gasteiger partial charge in [-0.05, 0) is 23.2 Å². The molecule has 0 unspecified atom stereocenters. The van der Waals surface area contributed by atoms with E-state index in [4.69, 9.17) is 0 Å². The van der Waals surface area contributed by atoms with Gasteiger partial charge in [-0.15, -0.1) is 5.10 Å². The molecule has 0 radical (unpaired) electrons. The van der Waals surface area contributed by atoms with E-state index in [1.165, 1.54) is 22.8 Å². The van der Waals surface area contributed by atoms with Crippen molar-refractivity contribution >= 4 is 17.2 Å². The van der Waals surface area contributed by atoms with Gasteiger partial charge in [0.2, 0.25) is 0 Å². The molecule has 1 aliphatic rings. The smallest absolute Gasteiger partial charge is 0.0948 e. The van der Waals surface area contributed by atoms with Crippen LogP contribution in [0.5, 0.6) is 0 Å². The third-order valence-corrected chi connectivity index (χ3v) is 3.61. The van der Waals surface area contributed by atoms with E-state index in [0.29, 0.717) is 5.92 Å². The van der Waals surface area contributed by atoms with Crippen LogP contribution in [0.2, 0.25) is 0 Å². The highest BCUT2D eigenvalue weighted by molar-refractivity contribution is 7.03. The van der Waals surface area contributed by atoms with Crippen molar-refractivity contribution in [3.05, 3.63) is 40.9 Å². The summed E-state index contributed by atoms with van der Waals surface area (Å²) in [7, 11) is 0. The minimum Gasteiger partial charge on any atom is -0.365 e. The SMILES string of the molecule is C[C@H]1CN(Cc2csnn2)c2ccccc21. The predicted octanol–water partition coefficient (Wildman–Crippen LogP) is 2.66. The summed E-state index contributed by atoms with van der Waals surface area (Å²) < 4.78 is 3.90. The monoisotopic (exact) mass is 231 g/mol. The molecule has 0 fully saturated rings. The van der Waals surface area contributed by atoms with E-state index >= 15 is 0 Å². The van der Waals surface area contributed by atoms with E-state index in [-0.39, 0.29) is 0 Å². The zero-order valence-corrected chi connectivity index (χ0v) is 9.94. The Kier molecular flexibility index (Phi) is 2.36. The van der Waals surface area contributed by atoms with Gasteiger partial charge in [-0.1, -0.05) is 29.6 Å². The molecule has 1 atom stereocenters. The number of hydrogen-bond donors (Lipinski definition) is 0. The van der Waals surface area contributed by atoms with Crippen LogP contribution in [0.15, 0.2) is 29.6 Å². The number of fused-ring (bicyclic) bond motifs is 1. The molecule has 1 aliphatic heterocycles. The quantitative estimate of drug-likeness (QED) is 0.795. The van der Waals surface area contributed by atoms with E-state index in [9.17, 15) is 0 Å². The summed E-state index contributed by atoms with van der Waals surface area (Å²) in [4.78, 5) is 2.39. The number of nitrogens with zero attached hydrogens (tertiary/aromatic N) is 3. The van der Waals surface area contributed by atoms with Crippen molar-refractivity contribution in [2.45, 2.75) is 19.4 Å². The van der Waals surface area contributed by atoms with Crippen LogP contribution in [-0.2, 0) is 6.54 Å². The molecule has 0 aliphatic carbocycles. The third kappa shape index (κ3) is 1.59. The van der Waals surface area contributed by atoms with Gasteiger partial charge in [0.1, 0.15) is 0 Å². The van der Waals surface area contributed by atoms with Crippen LogP contribution in [0, 0.1) is 0 Å². The lowest BCUT2D eigenvalue weighted by molar-refractivity contribution is 0.735. The van der Waals surface area contributed by atoms with Crippen LogP contribution in [0.4, 0.5) is 5.69 Å².